The molecule has 3 rings (SSSR count). The van der Waals surface area contributed by atoms with Crippen molar-refractivity contribution in [3.63, 3.8) is 0 Å². The molecule has 2 N–H and O–H groups in total. The van der Waals surface area contributed by atoms with Gasteiger partial charge in [0.25, 0.3) is 5.91 Å². The van der Waals surface area contributed by atoms with E-state index in [1.807, 2.05) is 0 Å². The number of carbonyl (C=O) groups is 2. The number of amides is 1. The number of nitrogens with one attached hydrogen (secondary N) is 1. The molecule has 0 saturated heterocycles. The van der Waals surface area contributed by atoms with E-state index in [0.29, 0.717) is 27.0 Å². The number of hydrogen-bond acceptors (Lipinski definition) is 2. The van der Waals surface area contributed by atoms with Gasteiger partial charge in [-0.15, -0.1) is 0 Å². The lowest BCUT2D eigenvalue weighted by molar-refractivity contribution is 0.0699. The van der Waals surface area contributed by atoms with Crippen molar-refractivity contribution in [3.8, 4) is 0 Å². The zero-order valence-corrected chi connectivity index (χ0v) is 12.7. The van der Waals surface area contributed by atoms with Crippen LogP contribution in [0, 0.1) is 0 Å². The molecule has 0 aliphatic carbocycles. The summed E-state index contributed by atoms with van der Waals surface area (Å²) in [5.41, 5.74) is 1.00. The van der Waals surface area contributed by atoms with Gasteiger partial charge in [0.1, 0.15) is 0 Å². The van der Waals surface area contributed by atoms with Gasteiger partial charge >= 0.3 is 5.97 Å². The maximum atomic E-state index is 12.6. The van der Waals surface area contributed by atoms with Crippen LogP contribution in [-0.4, -0.2) is 17.0 Å². The minimum absolute atomic E-state index is 0.101. The molecule has 0 atom stereocenters. The van der Waals surface area contributed by atoms with Crippen LogP contribution >= 0.6 is 11.6 Å². The lowest BCUT2D eigenvalue weighted by atomic mass is 9.98. The fraction of sp³-hybridized carbons (Fsp3) is 0. The standard InChI is InChI=1S/C18H12ClNO3/c19-12-7-9-13(10-8-12)20-17(21)14-5-1-3-11-4-2-6-15(16(11)14)18(22)23/h1-10H,(H,20,21)(H,22,23). The van der Waals surface area contributed by atoms with Gasteiger partial charge in [0.2, 0.25) is 0 Å². The molecule has 0 saturated carbocycles. The molecule has 1 amide bonds. The Morgan fingerprint density at radius 1 is 0.870 bits per heavy atom. The quantitative estimate of drug-likeness (QED) is 0.748. The fourth-order valence-corrected chi connectivity index (χ4v) is 2.57. The SMILES string of the molecule is O=C(O)c1cccc2cccc(C(=O)Nc3ccc(Cl)cc3)c12. The molecular weight excluding hydrogens is 314 g/mol. The van der Waals surface area contributed by atoms with Crippen LogP contribution in [0.15, 0.2) is 60.7 Å². The third-order valence-corrected chi connectivity index (χ3v) is 3.73. The predicted molar refractivity (Wildman–Crippen MR) is 90.3 cm³/mol. The van der Waals surface area contributed by atoms with Crippen LogP contribution in [0.5, 0.6) is 0 Å². The summed E-state index contributed by atoms with van der Waals surface area (Å²) in [7, 11) is 0. The van der Waals surface area contributed by atoms with Gasteiger partial charge < -0.3 is 10.4 Å². The van der Waals surface area contributed by atoms with Gasteiger partial charge in [-0.25, -0.2) is 4.79 Å². The molecule has 0 spiro atoms. The van der Waals surface area contributed by atoms with Gasteiger partial charge in [0.15, 0.2) is 0 Å². The number of carboxylic acids is 1. The zero-order chi connectivity index (χ0) is 16.4. The highest BCUT2D eigenvalue weighted by atomic mass is 35.5. The Morgan fingerprint density at radius 3 is 2.09 bits per heavy atom. The van der Waals surface area contributed by atoms with E-state index >= 15 is 0 Å². The Labute approximate surface area is 137 Å². The molecule has 0 radical (unpaired) electrons. The first-order valence-electron chi connectivity index (χ1n) is 6.88. The van der Waals surface area contributed by atoms with Crippen molar-refractivity contribution >= 4 is 39.9 Å². The number of carboxylic acid groups (broad SMARTS) is 1. The fourth-order valence-electron chi connectivity index (χ4n) is 2.44. The van der Waals surface area contributed by atoms with Crippen LogP contribution in [0.25, 0.3) is 10.8 Å². The molecule has 4 nitrogen and oxygen atoms in total. The van der Waals surface area contributed by atoms with E-state index in [0.717, 1.165) is 0 Å². The molecule has 114 valence electrons. The highest BCUT2D eigenvalue weighted by Gasteiger charge is 2.16. The summed E-state index contributed by atoms with van der Waals surface area (Å²) in [6, 6.07) is 16.8. The predicted octanol–water partition coefficient (Wildman–Crippen LogP) is 4.44. The number of halogens is 1. The molecule has 0 aliphatic heterocycles. The van der Waals surface area contributed by atoms with Gasteiger partial charge in [-0.3, -0.25) is 4.79 Å². The second-order valence-corrected chi connectivity index (χ2v) is 5.41. The minimum atomic E-state index is -1.07. The number of carbonyl (C=O) groups excluding carboxylic acids is 1. The Hall–Kier alpha value is -2.85. The molecule has 0 heterocycles. The van der Waals surface area contributed by atoms with E-state index in [9.17, 15) is 14.7 Å². The van der Waals surface area contributed by atoms with E-state index in [1.54, 1.807) is 54.6 Å². The number of hydrogen-bond donors (Lipinski definition) is 2. The average molecular weight is 326 g/mol. The van der Waals surface area contributed by atoms with Crippen molar-refractivity contribution in [3.05, 3.63) is 76.8 Å². The Balaban J connectivity index is 2.06. The smallest absolute Gasteiger partial charge is 0.336 e. The van der Waals surface area contributed by atoms with Gasteiger partial charge in [-0.2, -0.15) is 0 Å². The van der Waals surface area contributed by atoms with Crippen molar-refractivity contribution in [1.82, 2.24) is 0 Å². The van der Waals surface area contributed by atoms with Crippen LogP contribution in [0.4, 0.5) is 5.69 Å². The lowest BCUT2D eigenvalue weighted by Crippen LogP contribution is -2.13. The number of aromatic carboxylic acids is 1. The lowest BCUT2D eigenvalue weighted by Gasteiger charge is -2.10. The van der Waals surface area contributed by atoms with Crippen molar-refractivity contribution in [1.29, 1.82) is 0 Å². The first-order valence-corrected chi connectivity index (χ1v) is 7.26. The molecule has 0 fully saturated rings. The van der Waals surface area contributed by atoms with Crippen LogP contribution < -0.4 is 5.32 Å². The second-order valence-electron chi connectivity index (χ2n) is 4.98. The number of benzene rings is 3. The largest absolute Gasteiger partial charge is 0.478 e. The van der Waals surface area contributed by atoms with Gasteiger partial charge in [-0.1, -0.05) is 35.9 Å². The summed E-state index contributed by atoms with van der Waals surface area (Å²) >= 11 is 5.82. The molecule has 5 heteroatoms. The summed E-state index contributed by atoms with van der Waals surface area (Å²) in [6.45, 7) is 0. The summed E-state index contributed by atoms with van der Waals surface area (Å²) in [4.78, 5) is 24.0. The average Bonchev–Trinajstić information content (AvgIpc) is 2.55. The molecule has 0 aromatic heterocycles. The zero-order valence-electron chi connectivity index (χ0n) is 11.9. The molecule has 0 aliphatic rings. The molecule has 23 heavy (non-hydrogen) atoms. The summed E-state index contributed by atoms with van der Waals surface area (Å²) in [5.74, 6) is -1.44. The van der Waals surface area contributed by atoms with Crippen molar-refractivity contribution in [2.75, 3.05) is 5.32 Å². The van der Waals surface area contributed by atoms with Gasteiger partial charge in [0.05, 0.1) is 5.56 Å². The summed E-state index contributed by atoms with van der Waals surface area (Å²) < 4.78 is 0. The van der Waals surface area contributed by atoms with Gasteiger partial charge in [-0.05, 0) is 41.8 Å². The number of anilines is 1. The van der Waals surface area contributed by atoms with Crippen LogP contribution in [0.3, 0.4) is 0 Å². The first-order chi connectivity index (χ1) is 11.1. The highest BCUT2D eigenvalue weighted by molar-refractivity contribution is 6.30. The maximum absolute atomic E-state index is 12.6. The third-order valence-electron chi connectivity index (χ3n) is 3.48. The number of rotatable bonds is 3. The Bertz CT molecular complexity index is 899. The van der Waals surface area contributed by atoms with Crippen molar-refractivity contribution < 1.29 is 14.7 Å². The summed E-state index contributed by atoms with van der Waals surface area (Å²) in [5, 5.41) is 13.8. The molecule has 0 bridgehead atoms. The van der Waals surface area contributed by atoms with E-state index < -0.39 is 5.97 Å². The van der Waals surface area contributed by atoms with Crippen molar-refractivity contribution in [2.45, 2.75) is 0 Å². The van der Waals surface area contributed by atoms with E-state index in [-0.39, 0.29) is 11.5 Å². The monoisotopic (exact) mass is 325 g/mol. The normalized spacial score (nSPS) is 10.5. The Kier molecular flexibility index (Phi) is 4.00. The molecule has 3 aromatic carbocycles. The van der Waals surface area contributed by atoms with Crippen LogP contribution in [-0.2, 0) is 0 Å². The van der Waals surface area contributed by atoms with E-state index in [2.05, 4.69) is 5.32 Å². The highest BCUT2D eigenvalue weighted by Crippen LogP contribution is 2.24. The molecule has 0 unspecified atom stereocenters. The van der Waals surface area contributed by atoms with Gasteiger partial charge in [0, 0.05) is 21.7 Å². The summed E-state index contributed by atoms with van der Waals surface area (Å²) in [6.07, 6.45) is 0. The third kappa shape index (κ3) is 3.03. The molecule has 3 aromatic rings. The second kappa shape index (κ2) is 6.10. The van der Waals surface area contributed by atoms with E-state index in [4.69, 9.17) is 11.6 Å². The van der Waals surface area contributed by atoms with Crippen LogP contribution in [0.1, 0.15) is 20.7 Å². The van der Waals surface area contributed by atoms with E-state index in [1.165, 1.54) is 6.07 Å². The first kappa shape index (κ1) is 15.1. The van der Waals surface area contributed by atoms with Crippen LogP contribution in [0.2, 0.25) is 5.02 Å². The maximum Gasteiger partial charge on any atom is 0.336 e. The minimum Gasteiger partial charge on any atom is -0.478 e. The van der Waals surface area contributed by atoms with Crippen molar-refractivity contribution in [2.24, 2.45) is 0 Å². The topological polar surface area (TPSA) is 66.4 Å². The molecular formula is C18H12ClNO3. The number of fused-ring (bicyclic) bond motifs is 1. The Morgan fingerprint density at radius 2 is 1.48 bits per heavy atom.